The van der Waals surface area contributed by atoms with Gasteiger partial charge in [0, 0.05) is 0 Å². The topological polar surface area (TPSA) is 111 Å². The maximum absolute atomic E-state index is 10.8. The van der Waals surface area contributed by atoms with Crippen molar-refractivity contribution in [2.75, 3.05) is 26.3 Å². The molecule has 0 radical (unpaired) electrons. The summed E-state index contributed by atoms with van der Waals surface area (Å²) in [6.07, 6.45) is 3.44. The molecule has 0 aromatic rings. The summed E-state index contributed by atoms with van der Waals surface area (Å²) in [5, 5.41) is 0. The largest absolute Gasteiger partial charge is 0.464 e. The van der Waals surface area contributed by atoms with Crippen LogP contribution in [0.3, 0.4) is 0 Å². The number of esters is 2. The van der Waals surface area contributed by atoms with Gasteiger partial charge >= 0.3 is 11.9 Å². The number of nitrogens with zero attached hydrogens (tertiary/aromatic N) is 2. The van der Waals surface area contributed by atoms with E-state index in [0.717, 1.165) is 0 Å². The maximum atomic E-state index is 10.8. The van der Waals surface area contributed by atoms with Gasteiger partial charge in [-0.25, -0.2) is 9.59 Å². The van der Waals surface area contributed by atoms with E-state index in [1.54, 1.807) is 0 Å². The van der Waals surface area contributed by atoms with Gasteiger partial charge in [0.2, 0.25) is 12.2 Å². The Hall–Kier alpha value is -2.30. The molecule has 0 aromatic heterocycles. The summed E-state index contributed by atoms with van der Waals surface area (Å²) in [7, 11) is 0. The van der Waals surface area contributed by atoms with Crippen LogP contribution in [0.15, 0.2) is 9.98 Å². The molecule has 0 saturated carbocycles. The Labute approximate surface area is 103 Å². The molecule has 18 heavy (non-hydrogen) atoms. The van der Waals surface area contributed by atoms with Gasteiger partial charge in [0.15, 0.2) is 0 Å². The molecule has 0 amide bonds. The molecule has 0 atom stereocenters. The molecule has 0 aromatic carbocycles. The minimum atomic E-state index is -0.615. The minimum absolute atomic E-state index is 0.150. The van der Waals surface area contributed by atoms with E-state index in [2.05, 4.69) is 9.98 Å². The molecule has 0 aliphatic heterocycles. The Morgan fingerprint density at radius 3 is 1.56 bits per heavy atom. The summed E-state index contributed by atoms with van der Waals surface area (Å²) in [6, 6.07) is 0. The third-order valence-electron chi connectivity index (χ3n) is 1.61. The predicted molar refractivity (Wildman–Crippen MR) is 57.1 cm³/mol. The van der Waals surface area contributed by atoms with Crippen molar-refractivity contribution in [3.63, 3.8) is 0 Å². The fraction of sp³-hybridized carbons (Fsp3) is 0.600. The molecule has 98 valence electrons. The van der Waals surface area contributed by atoms with Gasteiger partial charge in [0.1, 0.15) is 13.1 Å². The Morgan fingerprint density at radius 1 is 0.833 bits per heavy atom. The number of rotatable bonds is 9. The molecule has 0 aliphatic rings. The fourth-order valence-corrected chi connectivity index (χ4v) is 0.861. The number of ether oxygens (including phenoxy) is 2. The molecule has 0 N–H and O–H groups in total. The molecule has 0 rings (SSSR count). The first kappa shape index (κ1) is 15.7. The molecule has 0 saturated heterocycles. The van der Waals surface area contributed by atoms with Crippen LogP contribution in [0.5, 0.6) is 0 Å². The second kappa shape index (κ2) is 11.2. The highest BCUT2D eigenvalue weighted by Crippen LogP contribution is 1.93. The second-order valence-corrected chi connectivity index (χ2v) is 2.96. The molecular formula is C10H12N2O6. The van der Waals surface area contributed by atoms with Crippen LogP contribution < -0.4 is 0 Å². The zero-order valence-electron chi connectivity index (χ0n) is 9.59. The van der Waals surface area contributed by atoms with Crippen molar-refractivity contribution in [2.24, 2.45) is 9.98 Å². The number of hydrogen-bond acceptors (Lipinski definition) is 8. The van der Waals surface area contributed by atoms with Crippen LogP contribution in [0.25, 0.3) is 0 Å². The maximum Gasteiger partial charge on any atom is 0.328 e. The predicted octanol–water partition coefficient (Wildman–Crippen LogP) is -0.475. The van der Waals surface area contributed by atoms with Crippen molar-refractivity contribution >= 4 is 24.1 Å². The van der Waals surface area contributed by atoms with Gasteiger partial charge in [-0.05, 0) is 12.8 Å². The van der Waals surface area contributed by atoms with E-state index in [-0.39, 0.29) is 26.3 Å². The van der Waals surface area contributed by atoms with Crippen LogP contribution in [0.2, 0.25) is 0 Å². The summed E-state index contributed by atoms with van der Waals surface area (Å²) in [5.41, 5.74) is 0. The third-order valence-corrected chi connectivity index (χ3v) is 1.61. The number of hydrogen-bond donors (Lipinski definition) is 0. The quantitative estimate of drug-likeness (QED) is 0.238. The van der Waals surface area contributed by atoms with Gasteiger partial charge in [-0.15, -0.1) is 0 Å². The smallest absolute Gasteiger partial charge is 0.328 e. The fourth-order valence-electron chi connectivity index (χ4n) is 0.861. The average molecular weight is 256 g/mol. The highest BCUT2D eigenvalue weighted by Gasteiger charge is 2.02. The van der Waals surface area contributed by atoms with Crippen LogP contribution in [0.4, 0.5) is 0 Å². The monoisotopic (exact) mass is 256 g/mol. The van der Waals surface area contributed by atoms with E-state index in [9.17, 15) is 19.2 Å². The molecule has 0 bridgehead atoms. The lowest BCUT2D eigenvalue weighted by Gasteiger charge is -2.03. The number of carbonyl (C=O) groups is 2. The van der Waals surface area contributed by atoms with Gasteiger partial charge in [0.25, 0.3) is 0 Å². The summed E-state index contributed by atoms with van der Waals surface area (Å²) in [5.74, 6) is -1.23. The highest BCUT2D eigenvalue weighted by atomic mass is 16.5. The lowest BCUT2D eigenvalue weighted by Crippen LogP contribution is -2.11. The summed E-state index contributed by atoms with van der Waals surface area (Å²) in [6.45, 7) is -0.390. The van der Waals surface area contributed by atoms with E-state index < -0.39 is 11.9 Å². The Bertz CT molecular complexity index is 333. The zero-order chi connectivity index (χ0) is 13.6. The molecule has 0 aliphatic carbocycles. The Balaban J connectivity index is 3.40. The van der Waals surface area contributed by atoms with Crippen molar-refractivity contribution in [3.05, 3.63) is 0 Å². The molecule has 0 unspecified atom stereocenters. The molecule has 0 heterocycles. The number of unbranched alkanes of at least 4 members (excludes halogenated alkanes) is 1. The first-order chi connectivity index (χ1) is 8.70. The normalized spacial score (nSPS) is 8.67. The summed E-state index contributed by atoms with van der Waals surface area (Å²) >= 11 is 0. The van der Waals surface area contributed by atoms with Gasteiger partial charge in [-0.1, -0.05) is 0 Å². The van der Waals surface area contributed by atoms with Crippen molar-refractivity contribution in [1.29, 1.82) is 0 Å². The highest BCUT2D eigenvalue weighted by molar-refractivity contribution is 5.73. The molecule has 0 spiro atoms. The van der Waals surface area contributed by atoms with Crippen molar-refractivity contribution in [1.82, 2.24) is 0 Å². The van der Waals surface area contributed by atoms with Crippen molar-refractivity contribution < 1.29 is 28.7 Å². The second-order valence-electron chi connectivity index (χ2n) is 2.96. The van der Waals surface area contributed by atoms with Crippen molar-refractivity contribution in [2.45, 2.75) is 12.8 Å². The zero-order valence-corrected chi connectivity index (χ0v) is 9.59. The average Bonchev–Trinajstić information content (AvgIpc) is 2.37. The van der Waals surface area contributed by atoms with E-state index in [1.807, 2.05) is 0 Å². The van der Waals surface area contributed by atoms with Gasteiger partial charge in [0.05, 0.1) is 13.2 Å². The molecule has 0 fully saturated rings. The summed E-state index contributed by atoms with van der Waals surface area (Å²) in [4.78, 5) is 47.1. The van der Waals surface area contributed by atoms with E-state index in [1.165, 1.54) is 12.2 Å². The lowest BCUT2D eigenvalue weighted by atomic mass is 10.3. The van der Waals surface area contributed by atoms with Crippen LogP contribution in [-0.4, -0.2) is 50.4 Å². The summed E-state index contributed by atoms with van der Waals surface area (Å²) < 4.78 is 9.39. The van der Waals surface area contributed by atoms with Crippen LogP contribution in [0, 0.1) is 0 Å². The first-order valence-electron chi connectivity index (χ1n) is 5.09. The minimum Gasteiger partial charge on any atom is -0.464 e. The molecular weight excluding hydrogens is 244 g/mol. The van der Waals surface area contributed by atoms with Gasteiger partial charge in [-0.2, -0.15) is 9.98 Å². The van der Waals surface area contributed by atoms with Crippen LogP contribution in [0.1, 0.15) is 12.8 Å². The standard InChI is InChI=1S/C10H12N2O6/c13-7-11-5-9(15)17-3-1-2-4-18-10(16)6-12-8-14/h1-6H2. The van der Waals surface area contributed by atoms with Gasteiger partial charge < -0.3 is 9.47 Å². The van der Waals surface area contributed by atoms with E-state index in [4.69, 9.17) is 9.47 Å². The van der Waals surface area contributed by atoms with Crippen LogP contribution in [-0.2, 0) is 28.7 Å². The SMILES string of the molecule is O=C=NCC(=O)OCCCCOC(=O)CN=C=O. The lowest BCUT2D eigenvalue weighted by molar-refractivity contribution is -0.144. The molecule has 8 nitrogen and oxygen atoms in total. The molecule has 8 heteroatoms. The first-order valence-corrected chi connectivity index (χ1v) is 5.09. The number of isocyanates is 2. The van der Waals surface area contributed by atoms with Gasteiger partial charge in [-0.3, -0.25) is 9.59 Å². The van der Waals surface area contributed by atoms with Crippen LogP contribution >= 0.6 is 0 Å². The van der Waals surface area contributed by atoms with Crippen molar-refractivity contribution in [3.8, 4) is 0 Å². The van der Waals surface area contributed by atoms with E-state index in [0.29, 0.717) is 12.8 Å². The van der Waals surface area contributed by atoms with E-state index >= 15 is 0 Å². The Kier molecular flexibility index (Phi) is 9.76. The number of carbonyl (C=O) groups excluding carboxylic acids is 4. The number of aliphatic imine (C=N–C) groups is 2. The Morgan fingerprint density at radius 2 is 1.22 bits per heavy atom. The third kappa shape index (κ3) is 10.2.